The number of ketones is 1. The van der Waals surface area contributed by atoms with Gasteiger partial charge in [-0.25, -0.2) is 0 Å². The minimum atomic E-state index is -0.874. The number of aromatic hydroxyl groups is 3. The number of hydrogen-bond donors (Lipinski definition) is 4. The van der Waals surface area contributed by atoms with Gasteiger partial charge in [0.25, 0.3) is 0 Å². The predicted octanol–water partition coefficient (Wildman–Crippen LogP) is 5.98. The van der Waals surface area contributed by atoms with Gasteiger partial charge < -0.3 is 29.9 Å². The summed E-state index contributed by atoms with van der Waals surface area (Å²) < 4.78 is 10.9. The van der Waals surface area contributed by atoms with Gasteiger partial charge in [-0.15, -0.1) is 0 Å². The van der Waals surface area contributed by atoms with E-state index in [4.69, 9.17) is 9.47 Å². The summed E-state index contributed by atoms with van der Waals surface area (Å²) in [5.41, 5.74) is 2.53. The van der Waals surface area contributed by atoms with E-state index in [1.165, 1.54) is 13.2 Å². The molecule has 0 saturated carbocycles. The number of phenolic OH excluding ortho intramolecular Hbond substituents is 3. The second-order valence-electron chi connectivity index (χ2n) is 10.7. The van der Waals surface area contributed by atoms with Crippen LogP contribution in [0.2, 0.25) is 0 Å². The van der Waals surface area contributed by atoms with Gasteiger partial charge >= 0.3 is 0 Å². The van der Waals surface area contributed by atoms with Gasteiger partial charge in [-0.2, -0.15) is 0 Å². The smallest absolute Gasteiger partial charge is 0.200 e. The van der Waals surface area contributed by atoms with Crippen LogP contribution < -0.4 is 9.47 Å². The van der Waals surface area contributed by atoms with Gasteiger partial charge in [0.2, 0.25) is 5.75 Å². The number of aryl methyl sites for hydroxylation is 2. The molecule has 0 amide bonds. The van der Waals surface area contributed by atoms with Crippen LogP contribution in [0.3, 0.4) is 0 Å². The van der Waals surface area contributed by atoms with E-state index in [1.807, 2.05) is 30.3 Å². The highest BCUT2D eigenvalue weighted by atomic mass is 16.5. The van der Waals surface area contributed by atoms with Crippen molar-refractivity contribution >= 4 is 5.78 Å². The SMILES string of the molecule is COc1cc(CC[C@@H](O)[C@@H](Cc2ccccc2)C(=O)CCc2cc(O)c(O)c(OCCCC(C)C)c2)ccc1O. The number of Topliss-reactive ketones (excluding diaryl/α,β-unsaturated/α-hetero) is 1. The molecule has 0 fully saturated rings. The Balaban J connectivity index is 1.68. The van der Waals surface area contributed by atoms with Gasteiger partial charge in [0, 0.05) is 12.3 Å². The summed E-state index contributed by atoms with van der Waals surface area (Å²) in [6, 6.07) is 17.8. The van der Waals surface area contributed by atoms with Crippen molar-refractivity contribution in [2.24, 2.45) is 11.8 Å². The Morgan fingerprint density at radius 2 is 1.55 bits per heavy atom. The number of aliphatic hydroxyl groups is 1. The van der Waals surface area contributed by atoms with Crippen molar-refractivity contribution in [2.45, 2.75) is 64.9 Å². The van der Waals surface area contributed by atoms with Crippen LogP contribution in [0, 0.1) is 11.8 Å². The molecule has 2 atom stereocenters. The third-order valence-electron chi connectivity index (χ3n) is 7.11. The van der Waals surface area contributed by atoms with Crippen LogP contribution in [0.25, 0.3) is 0 Å². The maximum atomic E-state index is 13.5. The average molecular weight is 551 g/mol. The molecule has 0 bridgehead atoms. The molecule has 7 nitrogen and oxygen atoms in total. The summed E-state index contributed by atoms with van der Waals surface area (Å²) >= 11 is 0. The molecule has 216 valence electrons. The standard InChI is InChI=1S/C33H42O7/c1-22(2)8-7-17-40-32-21-25(19-30(37)33(32)38)13-15-28(35)26(18-23-9-5-4-6-10-23)27(34)14-11-24-12-16-29(36)31(20-24)39-3/h4-6,9-10,12,16,19-22,26-27,34,36-38H,7-8,11,13-15,17-18H2,1-3H3/t26-,27-/m1/s1. The number of carbonyl (C=O) groups excluding carboxylic acids is 1. The van der Waals surface area contributed by atoms with E-state index in [2.05, 4.69) is 13.8 Å². The summed E-state index contributed by atoms with van der Waals surface area (Å²) in [5, 5.41) is 41.5. The van der Waals surface area contributed by atoms with Gasteiger partial charge in [0.05, 0.1) is 19.8 Å². The van der Waals surface area contributed by atoms with E-state index in [0.717, 1.165) is 24.0 Å². The predicted molar refractivity (Wildman–Crippen MR) is 155 cm³/mol. The number of rotatable bonds is 16. The molecule has 0 aliphatic rings. The molecule has 3 aromatic rings. The Morgan fingerprint density at radius 1 is 0.825 bits per heavy atom. The highest BCUT2D eigenvalue weighted by molar-refractivity contribution is 5.82. The maximum Gasteiger partial charge on any atom is 0.200 e. The van der Waals surface area contributed by atoms with Crippen LogP contribution in [-0.2, 0) is 24.1 Å². The van der Waals surface area contributed by atoms with Crippen LogP contribution >= 0.6 is 0 Å². The summed E-state index contributed by atoms with van der Waals surface area (Å²) in [6.07, 6.45) is 2.74. The zero-order valence-electron chi connectivity index (χ0n) is 23.7. The molecule has 0 aliphatic carbocycles. The molecular formula is C33H42O7. The van der Waals surface area contributed by atoms with Crippen LogP contribution in [0.5, 0.6) is 28.7 Å². The lowest BCUT2D eigenvalue weighted by Gasteiger charge is -2.22. The van der Waals surface area contributed by atoms with Crippen molar-refractivity contribution in [3.8, 4) is 28.7 Å². The second kappa shape index (κ2) is 15.2. The summed E-state index contributed by atoms with van der Waals surface area (Å²) in [5.74, 6) is -0.109. The number of phenols is 3. The highest BCUT2D eigenvalue weighted by Gasteiger charge is 2.27. The van der Waals surface area contributed by atoms with E-state index in [-0.39, 0.29) is 35.2 Å². The van der Waals surface area contributed by atoms with E-state index in [1.54, 1.807) is 24.3 Å². The van der Waals surface area contributed by atoms with Crippen molar-refractivity contribution in [1.82, 2.24) is 0 Å². The Morgan fingerprint density at radius 3 is 2.25 bits per heavy atom. The fourth-order valence-corrected chi connectivity index (χ4v) is 4.76. The number of ether oxygens (including phenoxy) is 2. The molecule has 3 aromatic carbocycles. The molecule has 0 saturated heterocycles. The van der Waals surface area contributed by atoms with Crippen molar-refractivity contribution < 1.29 is 34.7 Å². The van der Waals surface area contributed by atoms with E-state index < -0.39 is 12.0 Å². The Labute approximate surface area is 237 Å². The lowest BCUT2D eigenvalue weighted by Crippen LogP contribution is -2.31. The molecule has 40 heavy (non-hydrogen) atoms. The Kier molecular flexibility index (Phi) is 11.7. The van der Waals surface area contributed by atoms with E-state index in [9.17, 15) is 25.2 Å². The van der Waals surface area contributed by atoms with Crippen LogP contribution in [0.1, 0.15) is 56.2 Å². The van der Waals surface area contributed by atoms with Gasteiger partial charge in [-0.3, -0.25) is 4.79 Å². The molecule has 0 spiro atoms. The van der Waals surface area contributed by atoms with Gasteiger partial charge in [-0.05, 0) is 85.4 Å². The monoisotopic (exact) mass is 550 g/mol. The minimum Gasteiger partial charge on any atom is -0.504 e. The quantitative estimate of drug-likeness (QED) is 0.128. The van der Waals surface area contributed by atoms with Crippen molar-refractivity contribution in [3.63, 3.8) is 0 Å². The van der Waals surface area contributed by atoms with Crippen molar-refractivity contribution in [2.75, 3.05) is 13.7 Å². The average Bonchev–Trinajstić information content (AvgIpc) is 2.94. The Hall–Kier alpha value is -3.71. The number of benzene rings is 3. The van der Waals surface area contributed by atoms with Crippen molar-refractivity contribution in [3.05, 3.63) is 77.4 Å². The molecule has 7 heteroatoms. The fraction of sp³-hybridized carbons (Fsp3) is 0.424. The first-order valence-electron chi connectivity index (χ1n) is 14.0. The lowest BCUT2D eigenvalue weighted by atomic mass is 9.85. The fourth-order valence-electron chi connectivity index (χ4n) is 4.76. The largest absolute Gasteiger partial charge is 0.504 e. The van der Waals surface area contributed by atoms with Gasteiger partial charge in [-0.1, -0.05) is 50.2 Å². The molecule has 0 aromatic heterocycles. The summed E-state index contributed by atoms with van der Waals surface area (Å²) in [6.45, 7) is 4.69. The Bertz CT molecular complexity index is 1220. The maximum absolute atomic E-state index is 13.5. The van der Waals surface area contributed by atoms with Gasteiger partial charge in [0.15, 0.2) is 23.0 Å². The molecule has 3 rings (SSSR count). The second-order valence-corrected chi connectivity index (χ2v) is 10.7. The lowest BCUT2D eigenvalue weighted by molar-refractivity contribution is -0.126. The van der Waals surface area contributed by atoms with Crippen LogP contribution in [0.15, 0.2) is 60.7 Å². The molecule has 0 radical (unpaired) electrons. The number of carbonyl (C=O) groups is 1. The molecule has 0 aliphatic heterocycles. The normalized spacial score (nSPS) is 12.7. The first-order chi connectivity index (χ1) is 19.2. The zero-order valence-corrected chi connectivity index (χ0v) is 23.7. The van der Waals surface area contributed by atoms with Crippen molar-refractivity contribution in [1.29, 1.82) is 0 Å². The highest BCUT2D eigenvalue weighted by Crippen LogP contribution is 2.37. The summed E-state index contributed by atoms with van der Waals surface area (Å²) in [7, 11) is 1.48. The summed E-state index contributed by atoms with van der Waals surface area (Å²) in [4.78, 5) is 13.5. The zero-order chi connectivity index (χ0) is 29.1. The number of methoxy groups -OCH3 is 1. The minimum absolute atomic E-state index is 0.0494. The van der Waals surface area contributed by atoms with E-state index >= 15 is 0 Å². The third kappa shape index (κ3) is 9.19. The van der Waals surface area contributed by atoms with Gasteiger partial charge in [0.1, 0.15) is 5.78 Å². The molecule has 4 N–H and O–H groups in total. The van der Waals surface area contributed by atoms with E-state index in [0.29, 0.717) is 49.5 Å². The molecule has 0 heterocycles. The molecular weight excluding hydrogens is 508 g/mol. The third-order valence-corrected chi connectivity index (χ3v) is 7.11. The first-order valence-corrected chi connectivity index (χ1v) is 14.0. The molecule has 0 unspecified atom stereocenters. The first kappa shape index (κ1) is 30.8. The van der Waals surface area contributed by atoms with Crippen LogP contribution in [0.4, 0.5) is 0 Å². The number of aliphatic hydroxyl groups excluding tert-OH is 1. The topological polar surface area (TPSA) is 116 Å². The number of hydrogen-bond acceptors (Lipinski definition) is 7. The van der Waals surface area contributed by atoms with Crippen LogP contribution in [-0.4, -0.2) is 46.0 Å².